The quantitative estimate of drug-likeness (QED) is 0.856. The van der Waals surface area contributed by atoms with Crippen molar-refractivity contribution in [3.05, 3.63) is 23.8 Å². The number of benzene rings is 1. The van der Waals surface area contributed by atoms with Crippen molar-refractivity contribution in [1.29, 1.82) is 0 Å². The second kappa shape index (κ2) is 5.16. The van der Waals surface area contributed by atoms with Gasteiger partial charge in [0, 0.05) is 18.6 Å². The highest BCUT2D eigenvalue weighted by Gasteiger charge is 2.21. The molecule has 3 rings (SSSR count). The van der Waals surface area contributed by atoms with E-state index in [2.05, 4.69) is 11.4 Å². The van der Waals surface area contributed by atoms with Gasteiger partial charge in [-0.15, -0.1) is 0 Å². The molecule has 3 N–H and O–H groups in total. The predicted molar refractivity (Wildman–Crippen MR) is 69.6 cm³/mol. The van der Waals surface area contributed by atoms with Crippen LogP contribution in [0.5, 0.6) is 11.5 Å². The zero-order valence-electron chi connectivity index (χ0n) is 10.5. The van der Waals surface area contributed by atoms with Gasteiger partial charge in [-0.05, 0) is 30.5 Å². The lowest BCUT2D eigenvalue weighted by Crippen LogP contribution is -2.46. The fourth-order valence-electron chi connectivity index (χ4n) is 2.71. The summed E-state index contributed by atoms with van der Waals surface area (Å²) in [6, 6.07) is 6.84. The molecule has 1 saturated carbocycles. The van der Waals surface area contributed by atoms with Gasteiger partial charge in [-0.25, -0.2) is 0 Å². The second-order valence-corrected chi connectivity index (χ2v) is 5.12. The molecule has 0 amide bonds. The van der Waals surface area contributed by atoms with Gasteiger partial charge >= 0.3 is 0 Å². The number of rotatable bonds is 3. The van der Waals surface area contributed by atoms with Crippen LogP contribution >= 0.6 is 0 Å². The van der Waals surface area contributed by atoms with E-state index in [1.54, 1.807) is 0 Å². The molecule has 0 aromatic heterocycles. The van der Waals surface area contributed by atoms with Gasteiger partial charge in [0.1, 0.15) is 0 Å². The molecule has 2 aliphatic rings. The zero-order valence-corrected chi connectivity index (χ0v) is 10.5. The Labute approximate surface area is 107 Å². The van der Waals surface area contributed by atoms with Crippen molar-refractivity contribution in [2.45, 2.75) is 44.3 Å². The van der Waals surface area contributed by atoms with Gasteiger partial charge in [-0.3, -0.25) is 0 Å². The summed E-state index contributed by atoms with van der Waals surface area (Å²) in [5.74, 6) is 1.69. The topological polar surface area (TPSA) is 56.5 Å². The van der Waals surface area contributed by atoms with Crippen LogP contribution in [0.2, 0.25) is 0 Å². The molecule has 0 radical (unpaired) electrons. The molecule has 0 unspecified atom stereocenters. The van der Waals surface area contributed by atoms with Gasteiger partial charge in [-0.1, -0.05) is 18.9 Å². The summed E-state index contributed by atoms with van der Waals surface area (Å²) < 4.78 is 10.7. The maximum atomic E-state index is 6.13. The van der Waals surface area contributed by atoms with E-state index in [4.69, 9.17) is 15.2 Å². The summed E-state index contributed by atoms with van der Waals surface area (Å²) in [5, 5.41) is 3.56. The summed E-state index contributed by atoms with van der Waals surface area (Å²) in [7, 11) is 0. The molecule has 18 heavy (non-hydrogen) atoms. The minimum Gasteiger partial charge on any atom is -0.454 e. The lowest BCUT2D eigenvalue weighted by atomic mass is 9.91. The average Bonchev–Trinajstić information content (AvgIpc) is 2.85. The molecule has 1 heterocycles. The Morgan fingerprint density at radius 3 is 2.89 bits per heavy atom. The zero-order chi connectivity index (χ0) is 12.4. The molecule has 98 valence electrons. The van der Waals surface area contributed by atoms with Gasteiger partial charge in [0.15, 0.2) is 11.5 Å². The Balaban J connectivity index is 1.59. The molecule has 0 bridgehead atoms. The predicted octanol–water partition coefficient (Wildman–Crippen LogP) is 1.77. The van der Waals surface area contributed by atoms with E-state index in [0.717, 1.165) is 24.5 Å². The molecule has 0 spiro atoms. The summed E-state index contributed by atoms with van der Waals surface area (Å²) in [4.78, 5) is 0. The van der Waals surface area contributed by atoms with Gasteiger partial charge in [0.2, 0.25) is 6.79 Å². The molecule has 1 aromatic carbocycles. The maximum absolute atomic E-state index is 6.13. The first kappa shape index (κ1) is 11.8. The van der Waals surface area contributed by atoms with Crippen molar-refractivity contribution in [3.8, 4) is 11.5 Å². The van der Waals surface area contributed by atoms with Crippen LogP contribution in [0.15, 0.2) is 18.2 Å². The Kier molecular flexibility index (Phi) is 3.39. The van der Waals surface area contributed by atoms with E-state index in [1.165, 1.54) is 24.8 Å². The molecule has 1 aromatic rings. The number of fused-ring (bicyclic) bond motifs is 1. The van der Waals surface area contributed by atoms with Crippen molar-refractivity contribution >= 4 is 0 Å². The van der Waals surface area contributed by atoms with Crippen LogP contribution in [0, 0.1) is 0 Å². The molecular weight excluding hydrogens is 228 g/mol. The first-order valence-corrected chi connectivity index (χ1v) is 6.70. The Morgan fingerprint density at radius 1 is 1.17 bits per heavy atom. The van der Waals surface area contributed by atoms with Crippen molar-refractivity contribution in [3.63, 3.8) is 0 Å². The third-order valence-corrected chi connectivity index (χ3v) is 3.82. The molecule has 1 aliphatic heterocycles. The van der Waals surface area contributed by atoms with E-state index in [0.29, 0.717) is 18.9 Å². The minimum atomic E-state index is 0.299. The van der Waals surface area contributed by atoms with Gasteiger partial charge in [0.25, 0.3) is 0 Å². The number of hydrogen-bond acceptors (Lipinski definition) is 4. The Hall–Kier alpha value is -1.26. The third kappa shape index (κ3) is 2.44. The highest BCUT2D eigenvalue weighted by molar-refractivity contribution is 5.44. The van der Waals surface area contributed by atoms with E-state index >= 15 is 0 Å². The Bertz CT molecular complexity index is 422. The van der Waals surface area contributed by atoms with Gasteiger partial charge < -0.3 is 20.5 Å². The Morgan fingerprint density at radius 2 is 2.00 bits per heavy atom. The number of hydrogen-bond donors (Lipinski definition) is 2. The van der Waals surface area contributed by atoms with E-state index in [1.807, 2.05) is 12.1 Å². The molecular formula is C14H20N2O2. The molecule has 4 heteroatoms. The summed E-state index contributed by atoms with van der Waals surface area (Å²) >= 11 is 0. The monoisotopic (exact) mass is 248 g/mol. The van der Waals surface area contributed by atoms with Gasteiger partial charge in [0.05, 0.1) is 0 Å². The average molecular weight is 248 g/mol. The smallest absolute Gasteiger partial charge is 0.231 e. The van der Waals surface area contributed by atoms with Gasteiger partial charge in [-0.2, -0.15) is 0 Å². The van der Waals surface area contributed by atoms with Crippen LogP contribution in [0.3, 0.4) is 0 Å². The van der Waals surface area contributed by atoms with E-state index in [-0.39, 0.29) is 0 Å². The van der Waals surface area contributed by atoms with E-state index in [9.17, 15) is 0 Å². The summed E-state index contributed by atoms with van der Waals surface area (Å²) in [6.07, 6.45) is 4.88. The number of ether oxygens (including phenoxy) is 2. The van der Waals surface area contributed by atoms with Crippen LogP contribution in [0.4, 0.5) is 0 Å². The lowest BCUT2D eigenvalue weighted by molar-refractivity contribution is 0.174. The van der Waals surface area contributed by atoms with Crippen LogP contribution in [-0.4, -0.2) is 18.9 Å². The van der Waals surface area contributed by atoms with Crippen molar-refractivity contribution in [2.24, 2.45) is 5.73 Å². The minimum absolute atomic E-state index is 0.299. The first-order valence-electron chi connectivity index (χ1n) is 6.70. The maximum Gasteiger partial charge on any atom is 0.231 e. The number of nitrogens with one attached hydrogen (secondary N) is 1. The normalized spacial score (nSPS) is 26.3. The third-order valence-electron chi connectivity index (χ3n) is 3.82. The lowest BCUT2D eigenvalue weighted by Gasteiger charge is -2.29. The molecule has 1 aliphatic carbocycles. The standard InChI is InChI=1S/C14H20N2O2/c15-11-3-1-2-4-12(11)16-8-10-5-6-13-14(7-10)18-9-17-13/h5-7,11-12,16H,1-4,8-9,15H2/t11-,12+/m0/s1. The molecule has 1 fully saturated rings. The van der Waals surface area contributed by atoms with Crippen LogP contribution in [0.25, 0.3) is 0 Å². The van der Waals surface area contributed by atoms with Crippen molar-refractivity contribution < 1.29 is 9.47 Å². The van der Waals surface area contributed by atoms with Crippen LogP contribution in [-0.2, 0) is 6.54 Å². The van der Waals surface area contributed by atoms with E-state index < -0.39 is 0 Å². The fraction of sp³-hybridized carbons (Fsp3) is 0.571. The molecule has 0 saturated heterocycles. The molecule has 4 nitrogen and oxygen atoms in total. The SMILES string of the molecule is N[C@H]1CCCC[C@H]1NCc1ccc2c(c1)OCO2. The summed E-state index contributed by atoms with van der Waals surface area (Å²) in [6.45, 7) is 1.18. The van der Waals surface area contributed by atoms with Crippen molar-refractivity contribution in [2.75, 3.05) is 6.79 Å². The van der Waals surface area contributed by atoms with Crippen molar-refractivity contribution in [1.82, 2.24) is 5.32 Å². The van der Waals surface area contributed by atoms with Crippen LogP contribution in [0.1, 0.15) is 31.2 Å². The first-order chi connectivity index (χ1) is 8.83. The summed E-state index contributed by atoms with van der Waals surface area (Å²) in [5.41, 5.74) is 7.35. The highest BCUT2D eigenvalue weighted by Crippen LogP contribution is 2.32. The largest absolute Gasteiger partial charge is 0.454 e. The fourth-order valence-corrected chi connectivity index (χ4v) is 2.71. The molecule has 2 atom stereocenters. The second-order valence-electron chi connectivity index (χ2n) is 5.12. The number of nitrogens with two attached hydrogens (primary N) is 1. The van der Waals surface area contributed by atoms with Crippen LogP contribution < -0.4 is 20.5 Å². The highest BCUT2D eigenvalue weighted by atomic mass is 16.7.